The van der Waals surface area contributed by atoms with Gasteiger partial charge in [0, 0.05) is 31.5 Å². The number of rotatable bonds is 8. The number of anilines is 1. The van der Waals surface area contributed by atoms with Crippen molar-refractivity contribution in [3.05, 3.63) is 47.3 Å². The Morgan fingerprint density at radius 2 is 2.19 bits per heavy atom. The molecular formula is C22H30N6O3. The summed E-state index contributed by atoms with van der Waals surface area (Å²) in [7, 11) is 0. The summed E-state index contributed by atoms with van der Waals surface area (Å²) in [5.41, 5.74) is 8.92. The molecule has 4 heterocycles. The highest BCUT2D eigenvalue weighted by atomic mass is 16.4. The second-order valence-corrected chi connectivity index (χ2v) is 8.27. The molecular weight excluding hydrogens is 396 g/mol. The third-order valence-corrected chi connectivity index (χ3v) is 6.13. The number of piperidine rings is 1. The molecule has 3 aliphatic rings. The predicted molar refractivity (Wildman–Crippen MR) is 117 cm³/mol. The van der Waals surface area contributed by atoms with Gasteiger partial charge in [0.25, 0.3) is 0 Å². The molecule has 5 N–H and O–H groups in total. The van der Waals surface area contributed by atoms with Gasteiger partial charge < -0.3 is 26.0 Å². The maximum absolute atomic E-state index is 13.0. The van der Waals surface area contributed by atoms with Crippen LogP contribution in [-0.4, -0.2) is 64.2 Å². The third kappa shape index (κ3) is 4.99. The van der Waals surface area contributed by atoms with Crippen LogP contribution < -0.4 is 16.4 Å². The number of carboxylic acid groups (broad SMARTS) is 1. The van der Waals surface area contributed by atoms with Crippen LogP contribution in [0.5, 0.6) is 0 Å². The summed E-state index contributed by atoms with van der Waals surface area (Å²) in [6, 6.07) is 2.71. The van der Waals surface area contributed by atoms with Gasteiger partial charge in [-0.2, -0.15) is 0 Å². The topological polar surface area (TPSA) is 124 Å². The number of allylic oxidation sites excluding steroid dienone is 3. The van der Waals surface area contributed by atoms with E-state index in [4.69, 9.17) is 5.73 Å². The van der Waals surface area contributed by atoms with Crippen LogP contribution >= 0.6 is 0 Å². The number of urea groups is 1. The maximum atomic E-state index is 13.0. The molecule has 31 heavy (non-hydrogen) atoms. The molecule has 1 aromatic rings. The van der Waals surface area contributed by atoms with Gasteiger partial charge in [0.15, 0.2) is 0 Å². The van der Waals surface area contributed by atoms with Gasteiger partial charge in [-0.05, 0) is 55.5 Å². The molecule has 0 radical (unpaired) electrons. The highest BCUT2D eigenvalue weighted by Gasteiger charge is 2.35. The first-order valence-corrected chi connectivity index (χ1v) is 10.9. The number of nitrogens with one attached hydrogen (secondary N) is 2. The van der Waals surface area contributed by atoms with Crippen LogP contribution in [0.3, 0.4) is 0 Å². The zero-order valence-corrected chi connectivity index (χ0v) is 17.6. The smallest absolute Gasteiger partial charge is 0.320 e. The molecule has 2 saturated heterocycles. The molecule has 0 saturated carbocycles. The molecule has 3 aliphatic heterocycles. The number of fused-ring (bicyclic) bond motifs is 1. The van der Waals surface area contributed by atoms with Crippen LogP contribution in [0.4, 0.5) is 10.6 Å². The van der Waals surface area contributed by atoms with Crippen molar-refractivity contribution in [3.63, 3.8) is 0 Å². The van der Waals surface area contributed by atoms with Crippen LogP contribution in [0.25, 0.3) is 0 Å². The number of carbonyl (C=O) groups is 2. The number of pyridine rings is 1. The number of nitrogen functional groups attached to an aromatic ring is 1. The van der Waals surface area contributed by atoms with E-state index >= 15 is 0 Å². The van der Waals surface area contributed by atoms with Crippen LogP contribution in [0.15, 0.2) is 41.8 Å². The normalized spacial score (nSPS) is 21.8. The molecule has 0 aliphatic carbocycles. The number of nitrogens with zero attached hydrogens (tertiary/aromatic N) is 3. The van der Waals surface area contributed by atoms with Gasteiger partial charge in [-0.15, -0.1) is 0 Å². The summed E-state index contributed by atoms with van der Waals surface area (Å²) in [6.45, 7) is 2.77. The summed E-state index contributed by atoms with van der Waals surface area (Å²) in [5.74, 6) is -0.588. The lowest BCUT2D eigenvalue weighted by atomic mass is 9.99. The van der Waals surface area contributed by atoms with Gasteiger partial charge in [-0.3, -0.25) is 10.1 Å². The average molecular weight is 427 g/mol. The lowest BCUT2D eigenvalue weighted by Crippen LogP contribution is -2.47. The predicted octanol–water partition coefficient (Wildman–Crippen LogP) is 1.82. The largest absolute Gasteiger partial charge is 0.481 e. The zero-order valence-electron chi connectivity index (χ0n) is 17.6. The minimum atomic E-state index is -0.952. The number of amides is 2. The van der Waals surface area contributed by atoms with Crippen molar-refractivity contribution in [1.82, 2.24) is 25.4 Å². The van der Waals surface area contributed by atoms with Gasteiger partial charge in [0.05, 0.1) is 18.6 Å². The van der Waals surface area contributed by atoms with Crippen LogP contribution in [0.1, 0.15) is 43.7 Å². The molecule has 2 atom stereocenters. The van der Waals surface area contributed by atoms with E-state index in [2.05, 4.69) is 27.8 Å². The van der Waals surface area contributed by atoms with Crippen LogP contribution in [0.2, 0.25) is 0 Å². The van der Waals surface area contributed by atoms with Gasteiger partial charge in [-0.1, -0.05) is 12.1 Å². The number of hydrogen-bond donors (Lipinski definition) is 4. The maximum Gasteiger partial charge on any atom is 0.320 e. The molecule has 1 aromatic heterocycles. The van der Waals surface area contributed by atoms with Crippen molar-refractivity contribution in [2.24, 2.45) is 0 Å². The Bertz CT molecular complexity index is 882. The summed E-state index contributed by atoms with van der Waals surface area (Å²) in [4.78, 5) is 31.9. The SMILES string of the molecule is Nc1ccc([C@@H](CC(=O)O)N2CCN(CCCC3=CC=C4CCCNC4N3)C2=O)cn1. The number of aliphatic carboxylic acids is 1. The van der Waals surface area contributed by atoms with E-state index in [1.165, 1.54) is 17.7 Å². The van der Waals surface area contributed by atoms with Crippen molar-refractivity contribution in [2.45, 2.75) is 44.3 Å². The summed E-state index contributed by atoms with van der Waals surface area (Å²) < 4.78 is 0. The first kappa shape index (κ1) is 21.2. The highest BCUT2D eigenvalue weighted by Crippen LogP contribution is 2.29. The third-order valence-electron chi connectivity index (χ3n) is 6.13. The molecule has 4 rings (SSSR count). The number of hydrogen-bond acceptors (Lipinski definition) is 6. The molecule has 0 aromatic carbocycles. The fraction of sp³-hybridized carbons (Fsp3) is 0.500. The lowest BCUT2D eigenvalue weighted by molar-refractivity contribution is -0.138. The van der Waals surface area contributed by atoms with Gasteiger partial charge >= 0.3 is 12.0 Å². The second kappa shape index (κ2) is 9.38. The Morgan fingerprint density at radius 1 is 1.32 bits per heavy atom. The Labute approximate surface area is 182 Å². The molecule has 2 amide bonds. The van der Waals surface area contributed by atoms with Crippen molar-refractivity contribution in [3.8, 4) is 0 Å². The molecule has 166 valence electrons. The number of carboxylic acids is 1. The number of aromatic nitrogens is 1. The van der Waals surface area contributed by atoms with Crippen LogP contribution in [0, 0.1) is 0 Å². The molecule has 1 unspecified atom stereocenters. The van der Waals surface area contributed by atoms with E-state index < -0.39 is 12.0 Å². The first-order valence-electron chi connectivity index (χ1n) is 10.9. The Kier molecular flexibility index (Phi) is 6.41. The van der Waals surface area contributed by atoms with Crippen LogP contribution in [-0.2, 0) is 4.79 Å². The molecule has 2 fully saturated rings. The molecule has 9 nitrogen and oxygen atoms in total. The van der Waals surface area contributed by atoms with E-state index in [-0.39, 0.29) is 18.6 Å². The first-order chi connectivity index (χ1) is 15.0. The Hall–Kier alpha value is -3.07. The average Bonchev–Trinajstić information content (AvgIpc) is 3.13. The van der Waals surface area contributed by atoms with Crippen molar-refractivity contribution in [1.29, 1.82) is 0 Å². The summed E-state index contributed by atoms with van der Waals surface area (Å²) in [5, 5.41) is 16.4. The second-order valence-electron chi connectivity index (χ2n) is 8.27. The zero-order chi connectivity index (χ0) is 21.8. The van der Waals surface area contributed by atoms with Crippen molar-refractivity contribution in [2.75, 3.05) is 31.9 Å². The molecule has 0 bridgehead atoms. The van der Waals surface area contributed by atoms with E-state index in [1.807, 2.05) is 4.90 Å². The van der Waals surface area contributed by atoms with E-state index in [1.54, 1.807) is 23.2 Å². The monoisotopic (exact) mass is 426 g/mol. The number of nitrogens with two attached hydrogens (primary N) is 1. The van der Waals surface area contributed by atoms with Gasteiger partial charge in [0.1, 0.15) is 5.82 Å². The van der Waals surface area contributed by atoms with E-state index in [9.17, 15) is 14.7 Å². The minimum absolute atomic E-state index is 0.121. The highest BCUT2D eigenvalue weighted by molar-refractivity contribution is 5.78. The summed E-state index contributed by atoms with van der Waals surface area (Å²) in [6.07, 6.45) is 10.0. The Morgan fingerprint density at radius 3 is 2.97 bits per heavy atom. The minimum Gasteiger partial charge on any atom is -0.481 e. The Balaban J connectivity index is 1.33. The number of carbonyl (C=O) groups excluding carboxylic acids is 1. The number of dihydropyridines is 1. The van der Waals surface area contributed by atoms with Crippen molar-refractivity contribution < 1.29 is 14.7 Å². The fourth-order valence-electron chi connectivity index (χ4n) is 4.48. The summed E-state index contributed by atoms with van der Waals surface area (Å²) >= 11 is 0. The fourth-order valence-corrected chi connectivity index (χ4v) is 4.48. The van der Waals surface area contributed by atoms with E-state index in [0.29, 0.717) is 31.0 Å². The molecule has 0 spiro atoms. The standard InChI is InChI=1S/C22H30N6O3/c23-19-8-6-16(14-25-19)18(13-20(29)30)28-12-11-27(22(28)31)10-2-4-17-7-5-15-3-1-9-24-21(15)26-17/h5-8,14,18,21,24,26H,1-4,9-13H2,(H2,23,25)(H,29,30)/t18-,21?/m1/s1. The quantitative estimate of drug-likeness (QED) is 0.500. The van der Waals surface area contributed by atoms with Gasteiger partial charge in [0.2, 0.25) is 0 Å². The van der Waals surface area contributed by atoms with E-state index in [0.717, 1.165) is 25.8 Å². The van der Waals surface area contributed by atoms with Crippen molar-refractivity contribution >= 4 is 17.8 Å². The lowest BCUT2D eigenvalue weighted by Gasteiger charge is -2.32. The molecule has 9 heteroatoms. The van der Waals surface area contributed by atoms with Gasteiger partial charge in [-0.25, -0.2) is 9.78 Å².